The molecule has 0 radical (unpaired) electrons. The number of carbonyl (C=O) groups excluding carboxylic acids is 2. The third-order valence-corrected chi connectivity index (χ3v) is 6.38. The van der Waals surface area contributed by atoms with Crippen LogP contribution in [-0.2, 0) is 9.59 Å². The average Bonchev–Trinajstić information content (AvgIpc) is 3.01. The number of hydrogen-bond acceptors (Lipinski definition) is 4. The average molecular weight is 439 g/mol. The van der Waals surface area contributed by atoms with E-state index in [4.69, 9.17) is 16.3 Å². The van der Waals surface area contributed by atoms with Crippen LogP contribution in [0.3, 0.4) is 0 Å². The summed E-state index contributed by atoms with van der Waals surface area (Å²) in [4.78, 5) is 30.7. The van der Waals surface area contributed by atoms with Crippen molar-refractivity contribution in [1.82, 2.24) is 4.90 Å². The van der Waals surface area contributed by atoms with Crippen LogP contribution in [0.1, 0.15) is 37.8 Å². The van der Waals surface area contributed by atoms with Crippen LogP contribution in [-0.4, -0.2) is 36.4 Å². The molecule has 0 bridgehead atoms. The maximum Gasteiger partial charge on any atom is 0.282 e. The predicted molar refractivity (Wildman–Crippen MR) is 123 cm³/mol. The largest absolute Gasteiger partial charge is 0.494 e. The fraction of sp³-hybridized carbons (Fsp3) is 0.360. The molecule has 1 atom stereocenters. The highest BCUT2D eigenvalue weighted by atomic mass is 35.5. The molecule has 0 N–H and O–H groups in total. The van der Waals surface area contributed by atoms with Gasteiger partial charge in [-0.2, -0.15) is 0 Å². The number of carbonyl (C=O) groups is 2. The summed E-state index contributed by atoms with van der Waals surface area (Å²) in [5, 5.41) is 0.528. The number of piperidine rings is 1. The third kappa shape index (κ3) is 3.94. The van der Waals surface area contributed by atoms with Gasteiger partial charge in [0.25, 0.3) is 11.8 Å². The molecule has 2 amide bonds. The highest BCUT2D eigenvalue weighted by molar-refractivity contribution is 6.46. The fourth-order valence-electron chi connectivity index (χ4n) is 4.41. The number of ether oxygens (including phenoxy) is 1. The summed E-state index contributed by atoms with van der Waals surface area (Å²) in [5.74, 6) is 0.605. The Kier molecular flexibility index (Phi) is 6.05. The fourth-order valence-corrected chi connectivity index (χ4v) is 4.58. The molecule has 1 fully saturated rings. The van der Waals surface area contributed by atoms with Gasteiger partial charge in [0.1, 0.15) is 11.4 Å². The standard InChI is InChI=1S/C25H27ClN2O3/c1-4-31-19-12-10-18(11-13-19)22-23(27-14-6-7-16(2)15-27)25(30)28(24(22)29)21-9-5-8-20(26)17(21)3/h5,8-13,16H,4,6-7,14-15H2,1-3H3. The van der Waals surface area contributed by atoms with Gasteiger partial charge in [-0.05, 0) is 68.0 Å². The Morgan fingerprint density at radius 2 is 1.84 bits per heavy atom. The van der Waals surface area contributed by atoms with Crippen molar-refractivity contribution < 1.29 is 14.3 Å². The van der Waals surface area contributed by atoms with E-state index in [-0.39, 0.29) is 11.8 Å². The first kappa shape index (κ1) is 21.4. The van der Waals surface area contributed by atoms with Gasteiger partial charge in [-0.25, -0.2) is 4.90 Å². The Morgan fingerprint density at radius 1 is 1.10 bits per heavy atom. The number of nitrogens with zero attached hydrogens (tertiary/aromatic N) is 2. The first-order valence-corrected chi connectivity index (χ1v) is 11.2. The van der Waals surface area contributed by atoms with Gasteiger partial charge < -0.3 is 9.64 Å². The molecule has 0 saturated carbocycles. The van der Waals surface area contributed by atoms with Gasteiger partial charge in [0.15, 0.2) is 0 Å². The maximum atomic E-state index is 13.7. The number of hydrogen-bond donors (Lipinski definition) is 0. The molecule has 5 nitrogen and oxygen atoms in total. The lowest BCUT2D eigenvalue weighted by Crippen LogP contribution is -2.39. The van der Waals surface area contributed by atoms with E-state index < -0.39 is 0 Å². The summed E-state index contributed by atoms with van der Waals surface area (Å²) in [6.07, 6.45) is 2.13. The second kappa shape index (κ2) is 8.75. The van der Waals surface area contributed by atoms with E-state index in [0.717, 1.165) is 37.2 Å². The first-order valence-electron chi connectivity index (χ1n) is 10.8. The molecule has 0 aromatic heterocycles. The van der Waals surface area contributed by atoms with Crippen molar-refractivity contribution in [2.75, 3.05) is 24.6 Å². The van der Waals surface area contributed by atoms with E-state index in [9.17, 15) is 9.59 Å². The van der Waals surface area contributed by atoms with Crippen LogP contribution in [0.5, 0.6) is 5.75 Å². The minimum absolute atomic E-state index is 0.284. The molecule has 6 heteroatoms. The molecule has 2 aliphatic rings. The zero-order chi connectivity index (χ0) is 22.1. The number of likely N-dealkylation sites (tertiary alicyclic amines) is 1. The van der Waals surface area contributed by atoms with Gasteiger partial charge in [0, 0.05) is 18.1 Å². The maximum absolute atomic E-state index is 13.7. The third-order valence-electron chi connectivity index (χ3n) is 5.97. The Labute approximate surface area is 188 Å². The van der Waals surface area contributed by atoms with Crippen molar-refractivity contribution in [3.8, 4) is 5.75 Å². The van der Waals surface area contributed by atoms with Gasteiger partial charge in [0.05, 0.1) is 17.9 Å². The minimum atomic E-state index is -0.312. The molecule has 1 unspecified atom stereocenters. The van der Waals surface area contributed by atoms with Gasteiger partial charge in [-0.1, -0.05) is 36.7 Å². The van der Waals surface area contributed by atoms with Crippen molar-refractivity contribution >= 4 is 34.7 Å². The van der Waals surface area contributed by atoms with Crippen LogP contribution in [0.15, 0.2) is 48.2 Å². The molecule has 0 aliphatic carbocycles. The topological polar surface area (TPSA) is 49.9 Å². The Hall–Kier alpha value is -2.79. The molecule has 2 aromatic carbocycles. The SMILES string of the molecule is CCOc1ccc(C2=C(N3CCCC(C)C3)C(=O)N(c3cccc(Cl)c3C)C2=O)cc1. The molecule has 2 aliphatic heterocycles. The summed E-state index contributed by atoms with van der Waals surface area (Å²) in [7, 11) is 0. The summed E-state index contributed by atoms with van der Waals surface area (Å²) in [6, 6.07) is 12.7. The zero-order valence-corrected chi connectivity index (χ0v) is 18.9. The second-order valence-corrected chi connectivity index (χ2v) is 8.61. The van der Waals surface area contributed by atoms with Crippen molar-refractivity contribution in [2.45, 2.75) is 33.6 Å². The van der Waals surface area contributed by atoms with Crippen molar-refractivity contribution in [3.05, 3.63) is 64.3 Å². The van der Waals surface area contributed by atoms with Crippen molar-refractivity contribution in [1.29, 1.82) is 0 Å². The summed E-state index contributed by atoms with van der Waals surface area (Å²) < 4.78 is 5.54. The lowest BCUT2D eigenvalue weighted by atomic mass is 9.97. The number of halogens is 1. The normalized spacial score (nSPS) is 19.4. The van der Waals surface area contributed by atoms with Crippen LogP contribution >= 0.6 is 11.6 Å². The van der Waals surface area contributed by atoms with Crippen molar-refractivity contribution in [3.63, 3.8) is 0 Å². The van der Waals surface area contributed by atoms with E-state index in [1.165, 1.54) is 4.90 Å². The molecule has 162 valence electrons. The molecule has 1 saturated heterocycles. The highest BCUT2D eigenvalue weighted by Crippen LogP contribution is 2.39. The molecule has 0 spiro atoms. The number of benzene rings is 2. The Morgan fingerprint density at radius 3 is 2.52 bits per heavy atom. The van der Waals surface area contributed by atoms with Crippen LogP contribution in [0.25, 0.3) is 5.57 Å². The number of anilines is 1. The van der Waals surface area contributed by atoms with Crippen molar-refractivity contribution in [2.24, 2.45) is 5.92 Å². The Bertz CT molecular complexity index is 1050. The number of rotatable bonds is 5. The summed E-state index contributed by atoms with van der Waals surface area (Å²) >= 11 is 6.31. The lowest BCUT2D eigenvalue weighted by molar-refractivity contribution is -0.120. The predicted octanol–water partition coefficient (Wildman–Crippen LogP) is 5.06. The van der Waals surface area contributed by atoms with Crippen LogP contribution in [0, 0.1) is 12.8 Å². The Balaban J connectivity index is 1.82. The second-order valence-electron chi connectivity index (χ2n) is 8.20. The van der Waals surface area contributed by atoms with Gasteiger partial charge in [-0.15, -0.1) is 0 Å². The molecule has 31 heavy (non-hydrogen) atoms. The molecule has 4 rings (SSSR count). The smallest absolute Gasteiger partial charge is 0.282 e. The number of imide groups is 1. The quantitative estimate of drug-likeness (QED) is 0.612. The number of amides is 2. The summed E-state index contributed by atoms with van der Waals surface area (Å²) in [5.41, 5.74) is 2.90. The van der Waals surface area contributed by atoms with Gasteiger partial charge in [0.2, 0.25) is 0 Å². The monoisotopic (exact) mass is 438 g/mol. The molecular weight excluding hydrogens is 412 g/mol. The molecule has 2 aromatic rings. The zero-order valence-electron chi connectivity index (χ0n) is 18.2. The van der Waals surface area contributed by atoms with Gasteiger partial charge in [-0.3, -0.25) is 9.59 Å². The van der Waals surface area contributed by atoms with Crippen LogP contribution < -0.4 is 9.64 Å². The highest BCUT2D eigenvalue weighted by Gasteiger charge is 2.43. The molecular formula is C25H27ClN2O3. The van der Waals surface area contributed by atoms with E-state index in [0.29, 0.717) is 40.1 Å². The van der Waals surface area contributed by atoms with E-state index in [2.05, 4.69) is 11.8 Å². The lowest BCUT2D eigenvalue weighted by Gasteiger charge is -2.33. The van der Waals surface area contributed by atoms with E-state index >= 15 is 0 Å². The minimum Gasteiger partial charge on any atom is -0.494 e. The van der Waals surface area contributed by atoms with E-state index in [1.54, 1.807) is 18.2 Å². The molecule has 2 heterocycles. The summed E-state index contributed by atoms with van der Waals surface area (Å²) in [6.45, 7) is 8.03. The van der Waals surface area contributed by atoms with Crippen LogP contribution in [0.4, 0.5) is 5.69 Å². The van der Waals surface area contributed by atoms with Gasteiger partial charge >= 0.3 is 0 Å². The van der Waals surface area contributed by atoms with Crippen LogP contribution in [0.2, 0.25) is 5.02 Å². The van der Waals surface area contributed by atoms with E-state index in [1.807, 2.05) is 38.1 Å². The first-order chi connectivity index (χ1) is 14.9.